The lowest BCUT2D eigenvalue weighted by atomic mass is 10.0. The third kappa shape index (κ3) is 87.3. The van der Waals surface area contributed by atoms with E-state index in [9.17, 15) is 43.5 Å². The summed E-state index contributed by atoms with van der Waals surface area (Å²) in [7, 11) is -9.83. The molecule has 0 aromatic rings. The largest absolute Gasteiger partial charge is 0.472 e. The molecule has 0 saturated carbocycles. The Labute approximate surface area is 687 Å². The van der Waals surface area contributed by atoms with Crippen molar-refractivity contribution in [2.75, 3.05) is 39.6 Å². The van der Waals surface area contributed by atoms with E-state index in [4.69, 9.17) is 32.3 Å². The van der Waals surface area contributed by atoms with Crippen LogP contribution < -0.4 is 0 Å². The van der Waals surface area contributed by atoms with E-state index in [0.717, 1.165) is 161 Å². The number of aliphatic hydroxyl groups is 2. The second kappa shape index (κ2) is 86.0. The molecule has 5 unspecified atom stereocenters. The summed E-state index contributed by atoms with van der Waals surface area (Å²) in [5.74, 6) is -1.65. The monoisotopic (exact) mass is 1620 g/mol. The molecule has 644 valence electrons. The second-order valence-electron chi connectivity index (χ2n) is 28.9. The minimum atomic E-state index is -4.96. The molecule has 0 spiro atoms. The SMILES string of the molecule is CC/C=C\C/C=C\C/C=C\C/C=C\C/C=C\C/C=C\CCCCC(=O)OCC(COP(=O)(O)OCC(O)COP(=O)(O)OCC(O)COC(=O)CCCCCCCCCCCCCCCCCCCCC/C=C\C/C=C\C/C=C\C/C=C\C/C=C\CC)OC(=O)CCCCCCC/C=C\C/C=C\C/C=C\C/C=C\CCCCC. The van der Waals surface area contributed by atoms with Crippen molar-refractivity contribution < 1.29 is 75.8 Å². The second-order valence-corrected chi connectivity index (χ2v) is 31.8. The minimum absolute atomic E-state index is 0.0675. The van der Waals surface area contributed by atoms with Gasteiger partial charge in [-0.3, -0.25) is 32.5 Å². The van der Waals surface area contributed by atoms with Crippen molar-refractivity contribution in [1.29, 1.82) is 0 Å². The van der Waals surface area contributed by atoms with Crippen LogP contribution in [-0.2, 0) is 55.8 Å². The molecule has 0 bridgehead atoms. The number of phosphoric acid groups is 2. The first-order valence-corrected chi connectivity index (χ1v) is 47.1. The number of rotatable bonds is 82. The zero-order valence-corrected chi connectivity index (χ0v) is 72.5. The van der Waals surface area contributed by atoms with Crippen molar-refractivity contribution >= 4 is 33.6 Å². The smallest absolute Gasteiger partial charge is 0.463 e. The Morgan fingerprint density at radius 3 is 0.761 bits per heavy atom. The molecule has 113 heavy (non-hydrogen) atoms. The number of hydrogen-bond donors (Lipinski definition) is 4. The molecule has 0 rings (SSSR count). The van der Waals surface area contributed by atoms with Crippen LogP contribution in [0.1, 0.15) is 342 Å². The van der Waals surface area contributed by atoms with E-state index in [2.05, 4.69) is 203 Å². The first-order valence-electron chi connectivity index (χ1n) is 44.1. The average molecular weight is 1620 g/mol. The van der Waals surface area contributed by atoms with Gasteiger partial charge < -0.3 is 34.2 Å². The summed E-state index contributed by atoms with van der Waals surface area (Å²) in [6, 6.07) is 0. The number of ether oxygens (including phenoxy) is 3. The maximum Gasteiger partial charge on any atom is 0.472 e. The van der Waals surface area contributed by atoms with Crippen molar-refractivity contribution in [3.8, 4) is 0 Å². The highest BCUT2D eigenvalue weighted by Gasteiger charge is 2.29. The maximum absolute atomic E-state index is 13.0. The Bertz CT molecular complexity index is 2780. The molecule has 0 fully saturated rings. The molecule has 5 atom stereocenters. The Kier molecular flexibility index (Phi) is 81.9. The molecule has 0 aliphatic heterocycles. The highest BCUT2D eigenvalue weighted by Crippen LogP contribution is 2.45. The molecule has 0 aliphatic rings. The van der Waals surface area contributed by atoms with Gasteiger partial charge in [-0.15, -0.1) is 0 Å². The van der Waals surface area contributed by atoms with E-state index in [1.54, 1.807) is 0 Å². The number of aliphatic hydroxyl groups excluding tert-OH is 2. The summed E-state index contributed by atoms with van der Waals surface area (Å²) in [5, 5.41) is 20.7. The van der Waals surface area contributed by atoms with Gasteiger partial charge in [0.2, 0.25) is 0 Å². The Morgan fingerprint density at radius 1 is 0.257 bits per heavy atom. The molecule has 0 aromatic carbocycles. The van der Waals surface area contributed by atoms with Crippen molar-refractivity contribution in [1.82, 2.24) is 0 Å². The number of carbonyl (C=O) groups is 3. The zero-order valence-electron chi connectivity index (χ0n) is 70.7. The molecular weight excluding hydrogens is 1460 g/mol. The van der Waals surface area contributed by atoms with E-state index < -0.39 is 91.5 Å². The van der Waals surface area contributed by atoms with Crippen molar-refractivity contribution in [2.24, 2.45) is 0 Å². The van der Waals surface area contributed by atoms with E-state index in [1.807, 2.05) is 0 Å². The summed E-state index contributed by atoms with van der Waals surface area (Å²) in [4.78, 5) is 58.8. The Morgan fingerprint density at radius 2 is 0.469 bits per heavy atom. The molecule has 0 heterocycles. The van der Waals surface area contributed by atoms with Crippen LogP contribution in [0.4, 0.5) is 0 Å². The van der Waals surface area contributed by atoms with Crippen molar-refractivity contribution in [3.63, 3.8) is 0 Å². The van der Waals surface area contributed by atoms with Gasteiger partial charge in [-0.25, -0.2) is 9.13 Å². The summed E-state index contributed by atoms with van der Waals surface area (Å²) in [5.41, 5.74) is 0. The predicted molar refractivity (Wildman–Crippen MR) is 472 cm³/mol. The van der Waals surface area contributed by atoms with Crippen LogP contribution in [0, 0.1) is 0 Å². The van der Waals surface area contributed by atoms with Crippen molar-refractivity contribution in [2.45, 2.75) is 360 Å². The first-order chi connectivity index (χ1) is 55.2. The Balaban J connectivity index is 4.55. The highest BCUT2D eigenvalue weighted by atomic mass is 31.2. The van der Waals surface area contributed by atoms with Gasteiger partial charge in [0.15, 0.2) is 6.10 Å². The fraction of sp³-hybridized carbons (Fsp3) is 0.653. The molecule has 0 aromatic heterocycles. The van der Waals surface area contributed by atoms with Crippen LogP contribution in [0.2, 0.25) is 0 Å². The molecule has 0 radical (unpaired) electrons. The fourth-order valence-corrected chi connectivity index (χ4v) is 13.1. The van der Waals surface area contributed by atoms with Gasteiger partial charge in [0.05, 0.1) is 26.4 Å². The van der Waals surface area contributed by atoms with Crippen LogP contribution >= 0.6 is 15.6 Å². The number of unbranched alkanes of at least 4 members (excludes halogenated alkanes) is 29. The number of allylic oxidation sites excluding steroid dienone is 30. The standard InChI is InChI=1S/C95H158O16P2/c1-4-7-10-13-16-19-22-25-28-31-34-37-38-39-40-41-42-43-44-45-46-47-48-49-50-53-55-57-60-63-66-69-72-75-78-81-93(98)105-84-90(96)85-107-112(101,102)108-86-91(97)87-109-113(103,104)110-89-92(111-95(100)83-80-77-74-71-68-65-62-59-56-52-36-33-30-27-24-21-18-15-12-9-6-3)88-106-94(99)82-79-76-73-70-67-64-61-58-54-51-35-32-29-26-23-20-17-14-11-8-5-2/h7-8,10-11,16-21,25-30,34-37,39-40,51-52,58-59,61-62,67,70,90-92,96-97H,4-6,9,12-15,22-24,31-33,38,41-50,53-57,60,63-66,68-69,71-89H2,1-3H3,(H,101,102)(H,103,104)/b10-7-,11-8-,19-16-,20-17-,21-18-,28-25-,29-26-,30-27-,37-34-,40-39-,51-35-,52-36-,61-58-,62-59-,70-67-. The molecule has 18 heteroatoms. The van der Waals surface area contributed by atoms with Gasteiger partial charge >= 0.3 is 33.6 Å². The lowest BCUT2D eigenvalue weighted by Gasteiger charge is -2.21. The third-order valence-electron chi connectivity index (χ3n) is 18.1. The van der Waals surface area contributed by atoms with Gasteiger partial charge in [-0.05, 0) is 161 Å². The molecule has 4 N–H and O–H groups in total. The van der Waals surface area contributed by atoms with Crippen molar-refractivity contribution in [3.05, 3.63) is 182 Å². The van der Waals surface area contributed by atoms with E-state index in [1.165, 1.54) is 122 Å². The van der Waals surface area contributed by atoms with Gasteiger partial charge in [0.25, 0.3) is 0 Å². The molecule has 0 aliphatic carbocycles. The van der Waals surface area contributed by atoms with Crippen LogP contribution in [-0.4, -0.2) is 95.9 Å². The predicted octanol–water partition coefficient (Wildman–Crippen LogP) is 26.9. The summed E-state index contributed by atoms with van der Waals surface area (Å²) in [6.07, 6.45) is 112. The number of carbonyl (C=O) groups excluding carboxylic acids is 3. The lowest BCUT2D eigenvalue weighted by molar-refractivity contribution is -0.161. The van der Waals surface area contributed by atoms with Gasteiger partial charge in [0.1, 0.15) is 25.4 Å². The number of esters is 3. The molecular formula is C95H158O16P2. The third-order valence-corrected chi connectivity index (χ3v) is 20.0. The van der Waals surface area contributed by atoms with Gasteiger partial charge in [-0.2, -0.15) is 0 Å². The summed E-state index contributed by atoms with van der Waals surface area (Å²) in [6.45, 7) is 2.37. The normalized spacial score (nSPS) is 14.7. The minimum Gasteiger partial charge on any atom is -0.463 e. The van der Waals surface area contributed by atoms with Gasteiger partial charge in [0, 0.05) is 19.3 Å². The average Bonchev–Trinajstić information content (AvgIpc) is 0.902. The quantitative estimate of drug-likeness (QED) is 0.0146. The Hall–Kier alpha value is -5.35. The topological polar surface area (TPSA) is 231 Å². The zero-order chi connectivity index (χ0) is 82.2. The van der Waals surface area contributed by atoms with Gasteiger partial charge in [-0.1, -0.05) is 344 Å². The number of hydrogen-bond acceptors (Lipinski definition) is 14. The van der Waals surface area contributed by atoms with E-state index in [0.29, 0.717) is 19.3 Å². The maximum atomic E-state index is 13.0. The molecule has 0 saturated heterocycles. The fourth-order valence-electron chi connectivity index (χ4n) is 11.5. The van der Waals surface area contributed by atoms with Crippen LogP contribution in [0.5, 0.6) is 0 Å². The number of phosphoric ester groups is 2. The lowest BCUT2D eigenvalue weighted by Crippen LogP contribution is -2.30. The first kappa shape index (κ1) is 108. The summed E-state index contributed by atoms with van der Waals surface area (Å²) < 4.78 is 61.3. The van der Waals surface area contributed by atoms with Crippen LogP contribution in [0.25, 0.3) is 0 Å². The molecule has 16 nitrogen and oxygen atoms in total. The van der Waals surface area contributed by atoms with Crippen LogP contribution in [0.15, 0.2) is 182 Å². The van der Waals surface area contributed by atoms with E-state index in [-0.39, 0.29) is 19.3 Å². The van der Waals surface area contributed by atoms with Crippen LogP contribution in [0.3, 0.4) is 0 Å². The molecule has 0 amide bonds. The van der Waals surface area contributed by atoms with E-state index >= 15 is 0 Å². The summed E-state index contributed by atoms with van der Waals surface area (Å²) >= 11 is 0. The highest BCUT2D eigenvalue weighted by molar-refractivity contribution is 7.47.